The number of nitriles is 1. The summed E-state index contributed by atoms with van der Waals surface area (Å²) in [4.78, 5) is -0.428. The van der Waals surface area contributed by atoms with Crippen LogP contribution in [0.15, 0.2) is 52.3 Å². The number of nitrogens with zero attached hydrogens (tertiary/aromatic N) is 1. The van der Waals surface area contributed by atoms with Gasteiger partial charge in [0.2, 0.25) is 9.84 Å². The molecule has 118 valence electrons. The van der Waals surface area contributed by atoms with Crippen LogP contribution in [0.3, 0.4) is 0 Å². The zero-order valence-corrected chi connectivity index (χ0v) is 13.5. The van der Waals surface area contributed by atoms with Crippen LogP contribution in [0.1, 0.15) is 11.1 Å². The predicted molar refractivity (Wildman–Crippen MR) is 86.6 cm³/mol. The number of methoxy groups -OCH3 is 1. The number of aromatic hydroxyl groups is 1. The SMILES string of the molecule is COc1ccc(O)c(C=C(C#N)S(=O)(=O)c2ccc(C)cc2)c1. The number of aryl methyl sites for hydroxylation is 1. The predicted octanol–water partition coefficient (Wildman–Crippen LogP) is 3.05. The summed E-state index contributed by atoms with van der Waals surface area (Å²) in [6.45, 7) is 1.84. The molecule has 0 atom stereocenters. The Kier molecular flexibility index (Phi) is 4.72. The molecule has 0 fully saturated rings. The highest BCUT2D eigenvalue weighted by molar-refractivity contribution is 7.95. The highest BCUT2D eigenvalue weighted by Gasteiger charge is 2.21. The fourth-order valence-corrected chi connectivity index (χ4v) is 3.08. The number of hydrogen-bond acceptors (Lipinski definition) is 5. The summed E-state index contributed by atoms with van der Waals surface area (Å²) in [5.74, 6) is 0.303. The number of ether oxygens (including phenoxy) is 1. The van der Waals surface area contributed by atoms with E-state index in [2.05, 4.69) is 0 Å². The number of sulfone groups is 1. The van der Waals surface area contributed by atoms with Gasteiger partial charge in [0.15, 0.2) is 0 Å². The molecule has 2 rings (SSSR count). The summed E-state index contributed by atoms with van der Waals surface area (Å²) in [5.41, 5.74) is 1.11. The molecule has 2 aromatic carbocycles. The lowest BCUT2D eigenvalue weighted by atomic mass is 10.2. The summed E-state index contributed by atoms with van der Waals surface area (Å²) in [7, 11) is -2.50. The normalized spacial score (nSPS) is 11.8. The van der Waals surface area contributed by atoms with Crippen LogP contribution in [0.5, 0.6) is 11.5 Å². The lowest BCUT2D eigenvalue weighted by molar-refractivity contribution is 0.412. The summed E-state index contributed by atoms with van der Waals surface area (Å²) in [5, 5.41) is 19.1. The molecule has 6 heteroatoms. The number of phenols is 1. The first-order chi connectivity index (χ1) is 10.9. The molecule has 0 saturated heterocycles. The molecule has 0 bridgehead atoms. The largest absolute Gasteiger partial charge is 0.507 e. The molecule has 5 nitrogen and oxygen atoms in total. The minimum absolute atomic E-state index is 0.0262. The van der Waals surface area contributed by atoms with E-state index in [0.717, 1.165) is 11.6 Å². The fraction of sp³-hybridized carbons (Fsp3) is 0.118. The third-order valence-corrected chi connectivity index (χ3v) is 4.93. The number of hydrogen-bond donors (Lipinski definition) is 1. The standard InChI is InChI=1S/C17H15NO4S/c1-12-3-6-15(7-4-12)23(20,21)16(11-18)10-13-9-14(22-2)5-8-17(13)19/h3-10,19H,1-2H3. The van der Waals surface area contributed by atoms with Crippen molar-refractivity contribution in [3.63, 3.8) is 0 Å². The zero-order chi connectivity index (χ0) is 17.0. The lowest BCUT2D eigenvalue weighted by Gasteiger charge is -2.06. The monoisotopic (exact) mass is 329 g/mol. The minimum Gasteiger partial charge on any atom is -0.507 e. The summed E-state index contributed by atoms with van der Waals surface area (Å²) in [6, 6.07) is 12.3. The first kappa shape index (κ1) is 16.6. The van der Waals surface area contributed by atoms with E-state index in [1.807, 2.05) is 6.92 Å². The van der Waals surface area contributed by atoms with E-state index in [1.54, 1.807) is 18.2 Å². The van der Waals surface area contributed by atoms with E-state index >= 15 is 0 Å². The summed E-state index contributed by atoms with van der Waals surface area (Å²) >= 11 is 0. The van der Waals surface area contributed by atoms with Gasteiger partial charge in [-0.1, -0.05) is 17.7 Å². The second kappa shape index (κ2) is 6.55. The van der Waals surface area contributed by atoms with E-state index in [9.17, 15) is 18.8 Å². The van der Waals surface area contributed by atoms with Crippen molar-refractivity contribution in [2.45, 2.75) is 11.8 Å². The molecular formula is C17H15NO4S. The topological polar surface area (TPSA) is 87.4 Å². The minimum atomic E-state index is -3.95. The van der Waals surface area contributed by atoms with E-state index in [0.29, 0.717) is 5.75 Å². The molecule has 0 unspecified atom stereocenters. The number of allylic oxidation sites excluding steroid dienone is 1. The molecule has 0 radical (unpaired) electrons. The van der Waals surface area contributed by atoms with Crippen molar-refractivity contribution >= 4 is 15.9 Å². The fourth-order valence-electron chi connectivity index (χ4n) is 1.93. The van der Waals surface area contributed by atoms with E-state index in [4.69, 9.17) is 4.74 Å². The van der Waals surface area contributed by atoms with Crippen molar-refractivity contribution in [2.75, 3.05) is 7.11 Å². The molecule has 0 heterocycles. The van der Waals surface area contributed by atoms with Crippen LogP contribution in [0.25, 0.3) is 6.08 Å². The van der Waals surface area contributed by atoms with Crippen LogP contribution in [0.4, 0.5) is 0 Å². The maximum atomic E-state index is 12.5. The van der Waals surface area contributed by atoms with Crippen LogP contribution in [0.2, 0.25) is 0 Å². The molecule has 0 aliphatic heterocycles. The highest BCUT2D eigenvalue weighted by atomic mass is 32.2. The van der Waals surface area contributed by atoms with Gasteiger partial charge in [-0.05, 0) is 43.3 Å². The van der Waals surface area contributed by atoms with Crippen molar-refractivity contribution in [2.24, 2.45) is 0 Å². The maximum Gasteiger partial charge on any atom is 0.216 e. The smallest absolute Gasteiger partial charge is 0.216 e. The average Bonchev–Trinajstić information content (AvgIpc) is 2.54. The maximum absolute atomic E-state index is 12.5. The third-order valence-electron chi connectivity index (χ3n) is 3.25. The van der Waals surface area contributed by atoms with Gasteiger partial charge >= 0.3 is 0 Å². The first-order valence-corrected chi connectivity index (χ1v) is 8.17. The van der Waals surface area contributed by atoms with Crippen molar-refractivity contribution in [1.29, 1.82) is 5.26 Å². The summed E-state index contributed by atoms with van der Waals surface area (Å²) < 4.78 is 30.1. The molecule has 0 amide bonds. The molecule has 1 N–H and O–H groups in total. The van der Waals surface area contributed by atoms with Gasteiger partial charge in [-0.3, -0.25) is 0 Å². The summed E-state index contributed by atoms with van der Waals surface area (Å²) in [6.07, 6.45) is 1.13. The number of benzene rings is 2. The van der Waals surface area contributed by atoms with Gasteiger partial charge < -0.3 is 9.84 Å². The van der Waals surface area contributed by atoms with Gasteiger partial charge in [0.05, 0.1) is 12.0 Å². The van der Waals surface area contributed by atoms with Gasteiger partial charge in [-0.2, -0.15) is 5.26 Å². The quantitative estimate of drug-likeness (QED) is 0.871. The Morgan fingerprint density at radius 2 is 1.87 bits per heavy atom. The highest BCUT2D eigenvalue weighted by Crippen LogP contribution is 2.28. The molecule has 0 aliphatic rings. The van der Waals surface area contributed by atoms with Gasteiger partial charge in [0.1, 0.15) is 22.5 Å². The van der Waals surface area contributed by atoms with Crippen molar-refractivity contribution in [3.8, 4) is 17.6 Å². The Morgan fingerprint density at radius 3 is 2.43 bits per heavy atom. The molecule has 0 saturated carbocycles. The Hall–Kier alpha value is -2.78. The molecular weight excluding hydrogens is 314 g/mol. The Balaban J connectivity index is 2.55. The molecule has 0 aliphatic carbocycles. The van der Waals surface area contributed by atoms with Crippen LogP contribution in [-0.2, 0) is 9.84 Å². The molecule has 2 aromatic rings. The lowest BCUT2D eigenvalue weighted by Crippen LogP contribution is -2.03. The average molecular weight is 329 g/mol. The van der Waals surface area contributed by atoms with Crippen molar-refractivity contribution in [3.05, 3.63) is 58.5 Å². The second-order valence-corrected chi connectivity index (χ2v) is 6.78. The van der Waals surface area contributed by atoms with Gasteiger partial charge in [0, 0.05) is 5.56 Å². The van der Waals surface area contributed by atoms with Gasteiger partial charge in [-0.25, -0.2) is 8.42 Å². The van der Waals surface area contributed by atoms with E-state index in [1.165, 1.54) is 37.4 Å². The Morgan fingerprint density at radius 1 is 1.22 bits per heavy atom. The van der Waals surface area contributed by atoms with Crippen LogP contribution in [0, 0.1) is 18.3 Å². The molecule has 0 aromatic heterocycles. The molecule has 0 spiro atoms. The van der Waals surface area contributed by atoms with Crippen LogP contribution < -0.4 is 4.74 Å². The zero-order valence-electron chi connectivity index (χ0n) is 12.6. The Labute approximate surface area is 135 Å². The van der Waals surface area contributed by atoms with Gasteiger partial charge in [0.25, 0.3) is 0 Å². The number of rotatable bonds is 4. The first-order valence-electron chi connectivity index (χ1n) is 6.69. The van der Waals surface area contributed by atoms with E-state index in [-0.39, 0.29) is 16.2 Å². The van der Waals surface area contributed by atoms with Crippen molar-refractivity contribution < 1.29 is 18.3 Å². The second-order valence-electron chi connectivity index (χ2n) is 4.86. The third kappa shape index (κ3) is 3.52. The van der Waals surface area contributed by atoms with Crippen LogP contribution in [-0.4, -0.2) is 20.6 Å². The van der Waals surface area contributed by atoms with Gasteiger partial charge in [-0.15, -0.1) is 0 Å². The number of phenolic OH excluding ortho intramolecular Hbond substituents is 1. The van der Waals surface area contributed by atoms with E-state index < -0.39 is 14.7 Å². The Bertz CT molecular complexity index is 891. The van der Waals surface area contributed by atoms with Crippen molar-refractivity contribution in [1.82, 2.24) is 0 Å². The van der Waals surface area contributed by atoms with Crippen LogP contribution >= 0.6 is 0 Å². The molecule has 23 heavy (non-hydrogen) atoms.